The Morgan fingerprint density at radius 2 is 1.90 bits per heavy atom. The summed E-state index contributed by atoms with van der Waals surface area (Å²) in [7, 11) is 0. The molecular formula is C8H14OS. The Labute approximate surface area is 67.6 Å². The van der Waals surface area contributed by atoms with Gasteiger partial charge in [0.15, 0.2) is 0 Å². The van der Waals surface area contributed by atoms with Crippen molar-refractivity contribution in [2.75, 3.05) is 5.75 Å². The summed E-state index contributed by atoms with van der Waals surface area (Å²) in [5, 5.41) is 0. The first-order chi connectivity index (χ1) is 4.84. The predicted octanol–water partition coefficient (Wildman–Crippen LogP) is 2.07. The molecule has 2 heteroatoms. The summed E-state index contributed by atoms with van der Waals surface area (Å²) in [4.78, 5) is 11.1. The second kappa shape index (κ2) is 4.02. The molecule has 0 heterocycles. The normalized spacial score (nSPS) is 20.9. The van der Waals surface area contributed by atoms with Crippen LogP contribution in [0.15, 0.2) is 0 Å². The average Bonchev–Trinajstić information content (AvgIpc) is 2.05. The van der Waals surface area contributed by atoms with Crippen molar-refractivity contribution in [2.24, 2.45) is 5.92 Å². The van der Waals surface area contributed by atoms with Gasteiger partial charge in [-0.1, -0.05) is 19.3 Å². The van der Waals surface area contributed by atoms with E-state index in [1.54, 1.807) is 0 Å². The van der Waals surface area contributed by atoms with E-state index in [0.717, 1.165) is 12.8 Å². The average molecular weight is 158 g/mol. The molecule has 0 aliphatic heterocycles. The molecule has 0 aromatic heterocycles. The summed E-state index contributed by atoms with van der Waals surface area (Å²) in [6, 6.07) is 0. The molecule has 10 heavy (non-hydrogen) atoms. The first kappa shape index (κ1) is 8.12. The number of carbonyl (C=O) groups excluding carboxylic acids is 1. The van der Waals surface area contributed by atoms with Crippen LogP contribution in [0, 0.1) is 5.92 Å². The van der Waals surface area contributed by atoms with Gasteiger partial charge in [-0.15, -0.1) is 0 Å². The van der Waals surface area contributed by atoms with Gasteiger partial charge in [0, 0.05) is 11.7 Å². The minimum absolute atomic E-state index is 0.350. The molecule has 1 rings (SSSR count). The molecule has 0 radical (unpaired) electrons. The van der Waals surface area contributed by atoms with E-state index in [1.165, 1.54) is 19.3 Å². The second-order valence-corrected chi connectivity index (χ2v) is 3.28. The monoisotopic (exact) mass is 158 g/mol. The highest BCUT2D eigenvalue weighted by atomic mass is 32.1. The van der Waals surface area contributed by atoms with Gasteiger partial charge in [0.05, 0.1) is 0 Å². The van der Waals surface area contributed by atoms with E-state index in [1.807, 2.05) is 0 Å². The van der Waals surface area contributed by atoms with E-state index < -0.39 is 0 Å². The first-order valence-corrected chi connectivity index (χ1v) is 4.61. The van der Waals surface area contributed by atoms with Crippen molar-refractivity contribution in [3.8, 4) is 0 Å². The number of carbonyl (C=O) groups is 1. The zero-order valence-electron chi connectivity index (χ0n) is 6.18. The highest BCUT2D eigenvalue weighted by Gasteiger charge is 2.18. The molecule has 58 valence electrons. The second-order valence-electron chi connectivity index (χ2n) is 2.96. The van der Waals surface area contributed by atoms with E-state index in [2.05, 4.69) is 12.6 Å². The van der Waals surface area contributed by atoms with Gasteiger partial charge in [-0.2, -0.15) is 12.6 Å². The van der Waals surface area contributed by atoms with Crippen molar-refractivity contribution in [1.29, 1.82) is 0 Å². The molecule has 0 aromatic rings. The summed E-state index contributed by atoms with van der Waals surface area (Å²) in [5.41, 5.74) is 0. The van der Waals surface area contributed by atoms with Crippen LogP contribution in [0.3, 0.4) is 0 Å². The minimum atomic E-state index is 0.350. The smallest absolute Gasteiger partial charge is 0.145 e. The summed E-state index contributed by atoms with van der Waals surface area (Å²) < 4.78 is 0. The van der Waals surface area contributed by atoms with Crippen LogP contribution in [0.1, 0.15) is 32.1 Å². The summed E-state index contributed by atoms with van der Waals surface area (Å²) in [6.07, 6.45) is 6.02. The van der Waals surface area contributed by atoms with Crippen molar-refractivity contribution in [2.45, 2.75) is 32.1 Å². The third-order valence-corrected chi connectivity index (χ3v) is 2.53. The maximum atomic E-state index is 11.1. The number of hydrogen-bond donors (Lipinski definition) is 1. The van der Waals surface area contributed by atoms with E-state index in [4.69, 9.17) is 0 Å². The molecule has 1 aliphatic rings. The Balaban J connectivity index is 2.31. The van der Waals surface area contributed by atoms with Crippen molar-refractivity contribution >= 4 is 18.4 Å². The molecule has 1 aliphatic carbocycles. The van der Waals surface area contributed by atoms with Crippen molar-refractivity contribution in [3.05, 3.63) is 0 Å². The molecule has 0 N–H and O–H groups in total. The standard InChI is InChI=1S/C8H14OS/c9-8(6-10)7-4-2-1-3-5-7/h7,10H,1-6H2. The quantitative estimate of drug-likeness (QED) is 0.609. The lowest BCUT2D eigenvalue weighted by Crippen LogP contribution is -2.18. The Kier molecular flexibility index (Phi) is 3.26. The van der Waals surface area contributed by atoms with E-state index in [0.29, 0.717) is 17.5 Å². The van der Waals surface area contributed by atoms with Crippen LogP contribution in [0.2, 0.25) is 0 Å². The minimum Gasteiger partial charge on any atom is -0.298 e. The Bertz CT molecular complexity index is 116. The molecule has 0 saturated heterocycles. The number of ketones is 1. The topological polar surface area (TPSA) is 17.1 Å². The van der Waals surface area contributed by atoms with Gasteiger partial charge >= 0.3 is 0 Å². The van der Waals surface area contributed by atoms with Gasteiger partial charge in [-0.25, -0.2) is 0 Å². The van der Waals surface area contributed by atoms with Gasteiger partial charge in [-0.05, 0) is 12.8 Å². The van der Waals surface area contributed by atoms with Crippen molar-refractivity contribution in [3.63, 3.8) is 0 Å². The Morgan fingerprint density at radius 1 is 1.30 bits per heavy atom. The van der Waals surface area contributed by atoms with Gasteiger partial charge < -0.3 is 0 Å². The summed E-state index contributed by atoms with van der Waals surface area (Å²) in [6.45, 7) is 0. The summed E-state index contributed by atoms with van der Waals surface area (Å²) >= 11 is 3.98. The van der Waals surface area contributed by atoms with Crippen LogP contribution >= 0.6 is 12.6 Å². The van der Waals surface area contributed by atoms with E-state index >= 15 is 0 Å². The van der Waals surface area contributed by atoms with Crippen LogP contribution in [0.25, 0.3) is 0 Å². The highest BCUT2D eigenvalue weighted by molar-refractivity contribution is 7.81. The molecule has 0 bridgehead atoms. The molecule has 0 amide bonds. The molecule has 0 unspecified atom stereocenters. The maximum absolute atomic E-state index is 11.1. The fraction of sp³-hybridized carbons (Fsp3) is 0.875. The lowest BCUT2D eigenvalue weighted by Gasteiger charge is -2.18. The van der Waals surface area contributed by atoms with Gasteiger partial charge in [-0.3, -0.25) is 4.79 Å². The Hall–Kier alpha value is 0.0200. The van der Waals surface area contributed by atoms with E-state index in [9.17, 15) is 4.79 Å². The largest absolute Gasteiger partial charge is 0.298 e. The van der Waals surface area contributed by atoms with Gasteiger partial charge in [0.25, 0.3) is 0 Å². The number of hydrogen-bond acceptors (Lipinski definition) is 2. The first-order valence-electron chi connectivity index (χ1n) is 3.98. The van der Waals surface area contributed by atoms with Crippen LogP contribution in [-0.4, -0.2) is 11.5 Å². The van der Waals surface area contributed by atoms with Crippen LogP contribution in [-0.2, 0) is 4.79 Å². The SMILES string of the molecule is O=C(CS)C1CCCCC1. The van der Waals surface area contributed by atoms with E-state index in [-0.39, 0.29) is 0 Å². The third-order valence-electron chi connectivity index (χ3n) is 2.22. The lowest BCUT2D eigenvalue weighted by molar-refractivity contribution is -0.121. The van der Waals surface area contributed by atoms with Crippen LogP contribution < -0.4 is 0 Å². The Morgan fingerprint density at radius 3 is 2.40 bits per heavy atom. The number of rotatable bonds is 2. The number of thiol groups is 1. The molecule has 0 atom stereocenters. The van der Waals surface area contributed by atoms with Gasteiger partial charge in [0.2, 0.25) is 0 Å². The molecule has 0 aromatic carbocycles. The van der Waals surface area contributed by atoms with Gasteiger partial charge in [0.1, 0.15) is 5.78 Å². The fourth-order valence-corrected chi connectivity index (χ4v) is 1.81. The third kappa shape index (κ3) is 2.01. The highest BCUT2D eigenvalue weighted by Crippen LogP contribution is 2.24. The molecule has 1 nitrogen and oxygen atoms in total. The van der Waals surface area contributed by atoms with Crippen LogP contribution in [0.5, 0.6) is 0 Å². The maximum Gasteiger partial charge on any atom is 0.145 e. The lowest BCUT2D eigenvalue weighted by atomic mass is 9.87. The van der Waals surface area contributed by atoms with Crippen LogP contribution in [0.4, 0.5) is 0 Å². The summed E-state index contributed by atoms with van der Waals surface area (Å²) in [5.74, 6) is 1.14. The fourth-order valence-electron chi connectivity index (χ4n) is 1.55. The molecule has 0 spiro atoms. The van der Waals surface area contributed by atoms with Crippen molar-refractivity contribution < 1.29 is 4.79 Å². The zero-order valence-corrected chi connectivity index (χ0v) is 7.07. The molecular weight excluding hydrogens is 144 g/mol. The molecule has 1 saturated carbocycles. The zero-order chi connectivity index (χ0) is 7.40. The number of Topliss-reactive ketones (excluding diaryl/α,β-unsaturated/α-hetero) is 1. The predicted molar refractivity (Wildman–Crippen MR) is 45.4 cm³/mol. The molecule has 1 fully saturated rings. The van der Waals surface area contributed by atoms with Crippen molar-refractivity contribution in [1.82, 2.24) is 0 Å².